The molecule has 0 atom stereocenters. The Morgan fingerprint density at radius 2 is 1.50 bits per heavy atom. The lowest BCUT2D eigenvalue weighted by molar-refractivity contribution is -0.124. The molecule has 1 saturated heterocycles. The number of carbonyl (C=O) groups is 1. The van der Waals surface area contributed by atoms with Gasteiger partial charge in [-0.25, -0.2) is 9.97 Å². The molecular weight excluding hydrogens is 428 g/mol. The first-order valence-electron chi connectivity index (χ1n) is 11.2. The van der Waals surface area contributed by atoms with Crippen molar-refractivity contribution in [2.24, 2.45) is 0 Å². The van der Waals surface area contributed by atoms with Crippen LogP contribution >= 0.6 is 0 Å². The molecule has 0 unspecified atom stereocenters. The second-order valence-electron chi connectivity index (χ2n) is 7.07. The van der Waals surface area contributed by atoms with Gasteiger partial charge in [-0.05, 0) is 55.3 Å². The Labute approximate surface area is 200 Å². The summed E-state index contributed by atoms with van der Waals surface area (Å²) in [6.45, 7) is 9.26. The second kappa shape index (κ2) is 13.4. The van der Waals surface area contributed by atoms with Gasteiger partial charge in [0.05, 0.1) is 11.3 Å². The lowest BCUT2D eigenvalue weighted by atomic mass is 10.0. The molecule has 0 radical (unpaired) electrons. The molecule has 5 N–H and O–H groups in total. The van der Waals surface area contributed by atoms with Crippen LogP contribution in [0.15, 0.2) is 73.6 Å². The Bertz CT molecular complexity index is 1060. The molecule has 3 aromatic rings. The van der Waals surface area contributed by atoms with Crippen molar-refractivity contribution in [3.05, 3.63) is 84.7 Å². The van der Waals surface area contributed by atoms with Gasteiger partial charge < -0.3 is 21.1 Å². The molecule has 8 nitrogen and oxygen atoms in total. The number of hydrogen-bond donors (Lipinski definition) is 3. The van der Waals surface area contributed by atoms with Crippen molar-refractivity contribution in [2.75, 3.05) is 24.6 Å². The molecule has 0 spiro atoms. The number of carbonyl (C=O) groups excluding carboxylic acids is 1. The third-order valence-electron chi connectivity index (χ3n) is 4.87. The summed E-state index contributed by atoms with van der Waals surface area (Å²) < 4.78 is 5.72. The van der Waals surface area contributed by atoms with Gasteiger partial charge in [0.25, 0.3) is 0 Å². The van der Waals surface area contributed by atoms with E-state index in [1.54, 1.807) is 24.3 Å². The molecule has 1 aromatic heterocycles. The van der Waals surface area contributed by atoms with Crippen LogP contribution in [0.5, 0.6) is 11.5 Å². The summed E-state index contributed by atoms with van der Waals surface area (Å²) >= 11 is 0. The van der Waals surface area contributed by atoms with E-state index in [4.69, 9.17) is 21.6 Å². The fourth-order valence-corrected chi connectivity index (χ4v) is 3.19. The molecule has 34 heavy (non-hydrogen) atoms. The molecule has 0 aliphatic carbocycles. The highest BCUT2D eigenvalue weighted by molar-refractivity contribution is 6.15. The zero-order chi connectivity index (χ0) is 24.9. The van der Waals surface area contributed by atoms with E-state index in [1.807, 2.05) is 49.1 Å². The lowest BCUT2D eigenvalue weighted by Gasteiger charge is -2.10. The van der Waals surface area contributed by atoms with Crippen LogP contribution in [0.3, 0.4) is 0 Å². The monoisotopic (exact) mass is 460 g/mol. The predicted molar refractivity (Wildman–Crippen MR) is 137 cm³/mol. The molecule has 1 aliphatic heterocycles. The summed E-state index contributed by atoms with van der Waals surface area (Å²) in [5.41, 5.74) is 12.8. The van der Waals surface area contributed by atoms with E-state index in [9.17, 15) is 4.79 Å². The molecule has 0 bridgehead atoms. The van der Waals surface area contributed by atoms with Crippen LogP contribution < -0.4 is 16.2 Å². The number of nitrogens with two attached hydrogens (primary N) is 2. The van der Waals surface area contributed by atoms with Gasteiger partial charge in [0.2, 0.25) is 5.91 Å². The van der Waals surface area contributed by atoms with Crippen LogP contribution in [0.2, 0.25) is 0 Å². The number of likely N-dealkylation sites (tertiary alicyclic amines) is 1. The van der Waals surface area contributed by atoms with E-state index in [2.05, 4.69) is 16.5 Å². The van der Waals surface area contributed by atoms with Gasteiger partial charge in [0.1, 0.15) is 29.5 Å². The normalized spacial score (nSPS) is 11.9. The molecule has 2 heterocycles. The van der Waals surface area contributed by atoms with Gasteiger partial charge in [-0.15, -0.1) is 0 Å². The molecule has 178 valence electrons. The first-order chi connectivity index (χ1) is 16.5. The van der Waals surface area contributed by atoms with Gasteiger partial charge in [0, 0.05) is 18.7 Å². The highest BCUT2D eigenvalue weighted by atomic mass is 16.5. The van der Waals surface area contributed by atoms with E-state index in [-0.39, 0.29) is 23.3 Å². The highest BCUT2D eigenvalue weighted by Gasteiger charge is 2.15. The van der Waals surface area contributed by atoms with E-state index in [1.165, 1.54) is 12.4 Å². The first-order valence-corrected chi connectivity index (χ1v) is 11.2. The number of nitrogens with one attached hydrogen (secondary N) is 1. The lowest BCUT2D eigenvalue weighted by Crippen LogP contribution is -2.25. The van der Waals surface area contributed by atoms with Crippen LogP contribution in [-0.4, -0.2) is 39.6 Å². The molecule has 4 rings (SSSR count). The summed E-state index contributed by atoms with van der Waals surface area (Å²) in [4.78, 5) is 20.4. The highest BCUT2D eigenvalue weighted by Crippen LogP contribution is 2.24. The SMILES string of the molecule is C=CC(=O)N1CCCC1.CC.N=C(c1ccc(Oc2ccccc2)cc1)c1c(N)ncnc1N. The molecule has 1 fully saturated rings. The Kier molecular flexibility index (Phi) is 10.2. The number of ether oxygens (including phenoxy) is 1. The van der Waals surface area contributed by atoms with E-state index in [0.29, 0.717) is 16.9 Å². The van der Waals surface area contributed by atoms with Crippen LogP contribution in [0.1, 0.15) is 37.8 Å². The summed E-state index contributed by atoms with van der Waals surface area (Å²) in [6.07, 6.45) is 4.96. The fourth-order valence-electron chi connectivity index (χ4n) is 3.19. The number of hydrogen-bond acceptors (Lipinski definition) is 7. The summed E-state index contributed by atoms with van der Waals surface area (Å²) in [5.74, 6) is 1.88. The molecule has 2 aromatic carbocycles. The molecule has 1 amide bonds. The fraction of sp³-hybridized carbons (Fsp3) is 0.231. The van der Waals surface area contributed by atoms with Crippen molar-refractivity contribution in [1.29, 1.82) is 5.41 Å². The smallest absolute Gasteiger partial charge is 0.245 e. The average Bonchev–Trinajstić information content (AvgIpc) is 3.41. The minimum atomic E-state index is 0.0764. The van der Waals surface area contributed by atoms with Crippen molar-refractivity contribution in [2.45, 2.75) is 26.7 Å². The number of nitrogen functional groups attached to an aromatic ring is 2. The Balaban J connectivity index is 0.000000311. The van der Waals surface area contributed by atoms with Crippen LogP contribution in [-0.2, 0) is 4.79 Å². The minimum absolute atomic E-state index is 0.0764. The van der Waals surface area contributed by atoms with E-state index in [0.717, 1.165) is 31.7 Å². The third-order valence-corrected chi connectivity index (χ3v) is 4.87. The van der Waals surface area contributed by atoms with Crippen molar-refractivity contribution >= 4 is 23.3 Å². The minimum Gasteiger partial charge on any atom is -0.457 e. The Morgan fingerprint density at radius 1 is 0.971 bits per heavy atom. The van der Waals surface area contributed by atoms with Crippen molar-refractivity contribution in [3.8, 4) is 11.5 Å². The zero-order valence-electron chi connectivity index (χ0n) is 19.7. The van der Waals surface area contributed by atoms with Gasteiger partial charge >= 0.3 is 0 Å². The third kappa shape index (κ3) is 7.16. The van der Waals surface area contributed by atoms with Crippen molar-refractivity contribution in [1.82, 2.24) is 14.9 Å². The summed E-state index contributed by atoms with van der Waals surface area (Å²) in [5, 5.41) is 8.26. The van der Waals surface area contributed by atoms with Gasteiger partial charge in [0.15, 0.2) is 0 Å². The number of para-hydroxylation sites is 1. The number of rotatable bonds is 5. The topological polar surface area (TPSA) is 131 Å². The van der Waals surface area contributed by atoms with Gasteiger partial charge in [-0.2, -0.15) is 0 Å². The zero-order valence-corrected chi connectivity index (χ0v) is 19.7. The quantitative estimate of drug-likeness (QED) is 0.374. The van der Waals surface area contributed by atoms with E-state index < -0.39 is 0 Å². The Hall–Kier alpha value is -4.20. The summed E-state index contributed by atoms with van der Waals surface area (Å²) in [6, 6.07) is 16.6. The van der Waals surface area contributed by atoms with Gasteiger partial charge in [-0.1, -0.05) is 38.6 Å². The Morgan fingerprint density at radius 3 is 2.03 bits per heavy atom. The molecule has 1 aliphatic rings. The number of benzene rings is 2. The number of anilines is 2. The molecule has 0 saturated carbocycles. The van der Waals surface area contributed by atoms with Crippen LogP contribution in [0.25, 0.3) is 0 Å². The largest absolute Gasteiger partial charge is 0.457 e. The maximum absolute atomic E-state index is 10.8. The predicted octanol–water partition coefficient (Wildman–Crippen LogP) is 4.67. The maximum atomic E-state index is 10.8. The van der Waals surface area contributed by atoms with Crippen LogP contribution in [0, 0.1) is 5.41 Å². The molecular formula is C26H32N6O2. The van der Waals surface area contributed by atoms with Crippen LogP contribution in [0.4, 0.5) is 11.6 Å². The van der Waals surface area contributed by atoms with Gasteiger partial charge in [-0.3, -0.25) is 10.2 Å². The van der Waals surface area contributed by atoms with E-state index >= 15 is 0 Å². The second-order valence-corrected chi connectivity index (χ2v) is 7.07. The summed E-state index contributed by atoms with van der Waals surface area (Å²) in [7, 11) is 0. The molecule has 8 heteroatoms. The van der Waals surface area contributed by atoms with Crippen molar-refractivity contribution < 1.29 is 9.53 Å². The first kappa shape index (κ1) is 26.1. The number of aromatic nitrogens is 2. The van der Waals surface area contributed by atoms with Crippen molar-refractivity contribution in [3.63, 3.8) is 0 Å². The number of amides is 1. The standard InChI is InChI=1S/C17H15N5O.C7H11NO.C2H6/c18-15(14-16(19)21-10-22-17(14)20)11-6-8-13(9-7-11)23-12-4-2-1-3-5-12;1-2-7(9)8-5-3-4-6-8;1-2/h1-10,18H,(H4,19,20,21,22);2H,1,3-6H2;1-2H3. The average molecular weight is 461 g/mol. The number of nitrogens with zero attached hydrogens (tertiary/aromatic N) is 3. The maximum Gasteiger partial charge on any atom is 0.245 e.